The first kappa shape index (κ1) is 14.0. The zero-order valence-electron chi connectivity index (χ0n) is 11.3. The Balaban J connectivity index is 2.11. The molecular formula is C15H23BrN2. The molecule has 0 bridgehead atoms. The Morgan fingerprint density at radius 2 is 2.17 bits per heavy atom. The van der Waals surface area contributed by atoms with Gasteiger partial charge in [-0.25, -0.2) is 0 Å². The molecule has 2 rings (SSSR count). The van der Waals surface area contributed by atoms with Gasteiger partial charge in [-0.05, 0) is 43.9 Å². The number of benzene rings is 1. The summed E-state index contributed by atoms with van der Waals surface area (Å²) in [5.41, 5.74) is 7.61. The number of hydrogen-bond acceptors (Lipinski definition) is 2. The highest BCUT2D eigenvalue weighted by molar-refractivity contribution is 9.10. The Bertz CT molecular complexity index is 407. The van der Waals surface area contributed by atoms with Crippen molar-refractivity contribution in [3.63, 3.8) is 0 Å². The lowest BCUT2D eigenvalue weighted by atomic mass is 9.94. The summed E-state index contributed by atoms with van der Waals surface area (Å²) < 4.78 is 1.19. The molecular weight excluding hydrogens is 288 g/mol. The van der Waals surface area contributed by atoms with Crippen molar-refractivity contribution in [2.75, 3.05) is 13.6 Å². The third-order valence-corrected chi connectivity index (χ3v) is 5.16. The van der Waals surface area contributed by atoms with Crippen LogP contribution in [-0.2, 0) is 6.54 Å². The summed E-state index contributed by atoms with van der Waals surface area (Å²) in [6.45, 7) is 4.06. The predicted octanol–water partition coefficient (Wildman–Crippen LogP) is 3.40. The molecule has 2 nitrogen and oxygen atoms in total. The van der Waals surface area contributed by atoms with Gasteiger partial charge >= 0.3 is 0 Å². The molecule has 2 unspecified atom stereocenters. The van der Waals surface area contributed by atoms with E-state index in [9.17, 15) is 0 Å². The van der Waals surface area contributed by atoms with Crippen LogP contribution in [0.15, 0.2) is 28.7 Å². The average Bonchev–Trinajstić information content (AvgIpc) is 2.75. The topological polar surface area (TPSA) is 29.3 Å². The average molecular weight is 311 g/mol. The lowest BCUT2D eigenvalue weighted by molar-refractivity contribution is 0.120. The number of halogens is 1. The molecule has 0 aliphatic heterocycles. The Kier molecular flexibility index (Phi) is 4.46. The van der Waals surface area contributed by atoms with Crippen LogP contribution < -0.4 is 5.73 Å². The van der Waals surface area contributed by atoms with Crippen LogP contribution >= 0.6 is 15.9 Å². The summed E-state index contributed by atoms with van der Waals surface area (Å²) in [7, 11) is 2.21. The van der Waals surface area contributed by atoms with Gasteiger partial charge in [0.2, 0.25) is 0 Å². The van der Waals surface area contributed by atoms with E-state index in [0.717, 1.165) is 19.0 Å². The molecule has 1 aliphatic rings. The molecule has 1 saturated carbocycles. The standard InChI is InChI=1S/C15H23BrN2/c1-12-7-8-15(9-12,11-17)18(2)10-13-5-3-4-6-14(13)16/h3-6,12H,7-11,17H2,1-2H3. The van der Waals surface area contributed by atoms with Crippen LogP contribution in [0, 0.1) is 5.92 Å². The van der Waals surface area contributed by atoms with Crippen LogP contribution in [0.4, 0.5) is 0 Å². The first-order chi connectivity index (χ1) is 8.57. The summed E-state index contributed by atoms with van der Waals surface area (Å²) >= 11 is 3.63. The minimum atomic E-state index is 0.203. The summed E-state index contributed by atoms with van der Waals surface area (Å²) in [5.74, 6) is 0.801. The fourth-order valence-electron chi connectivity index (χ4n) is 3.11. The van der Waals surface area contributed by atoms with Crippen LogP contribution in [0.5, 0.6) is 0 Å². The largest absolute Gasteiger partial charge is 0.329 e. The molecule has 2 N–H and O–H groups in total. The zero-order valence-corrected chi connectivity index (χ0v) is 12.9. The summed E-state index contributed by atoms with van der Waals surface area (Å²) in [6, 6.07) is 8.45. The van der Waals surface area contributed by atoms with Gasteiger partial charge in [-0.2, -0.15) is 0 Å². The predicted molar refractivity (Wildman–Crippen MR) is 80.4 cm³/mol. The Hall–Kier alpha value is -0.380. The van der Waals surface area contributed by atoms with Crippen molar-refractivity contribution >= 4 is 15.9 Å². The maximum atomic E-state index is 6.07. The minimum absolute atomic E-state index is 0.203. The van der Waals surface area contributed by atoms with Crippen LogP contribution in [-0.4, -0.2) is 24.0 Å². The number of nitrogens with zero attached hydrogens (tertiary/aromatic N) is 1. The molecule has 1 aromatic carbocycles. The van der Waals surface area contributed by atoms with Crippen LogP contribution in [0.25, 0.3) is 0 Å². The molecule has 18 heavy (non-hydrogen) atoms. The van der Waals surface area contributed by atoms with Crippen LogP contribution in [0.1, 0.15) is 31.7 Å². The number of likely N-dealkylation sites (N-methyl/N-ethyl adjacent to an activating group) is 1. The second-order valence-electron chi connectivity index (χ2n) is 5.72. The molecule has 1 aromatic rings. The molecule has 1 fully saturated rings. The number of hydrogen-bond donors (Lipinski definition) is 1. The highest BCUT2D eigenvalue weighted by atomic mass is 79.9. The third-order valence-electron chi connectivity index (χ3n) is 4.39. The van der Waals surface area contributed by atoms with E-state index in [1.54, 1.807) is 0 Å². The van der Waals surface area contributed by atoms with E-state index in [2.05, 4.69) is 59.1 Å². The van der Waals surface area contributed by atoms with Crippen LogP contribution in [0.2, 0.25) is 0 Å². The van der Waals surface area contributed by atoms with Crippen molar-refractivity contribution in [3.05, 3.63) is 34.3 Å². The van der Waals surface area contributed by atoms with Gasteiger partial charge < -0.3 is 5.73 Å². The fourth-order valence-corrected chi connectivity index (χ4v) is 3.52. The monoisotopic (exact) mass is 310 g/mol. The van der Waals surface area contributed by atoms with Crippen molar-refractivity contribution in [3.8, 4) is 0 Å². The van der Waals surface area contributed by atoms with Gasteiger partial charge in [-0.1, -0.05) is 41.1 Å². The van der Waals surface area contributed by atoms with Crippen molar-refractivity contribution < 1.29 is 0 Å². The maximum absolute atomic E-state index is 6.07. The maximum Gasteiger partial charge on any atom is 0.0334 e. The zero-order chi connectivity index (χ0) is 13.2. The minimum Gasteiger partial charge on any atom is -0.329 e. The molecule has 0 heterocycles. The van der Waals surface area contributed by atoms with Gasteiger partial charge in [0.15, 0.2) is 0 Å². The Morgan fingerprint density at radius 1 is 1.44 bits per heavy atom. The van der Waals surface area contributed by atoms with Crippen molar-refractivity contribution in [2.45, 2.75) is 38.3 Å². The fraction of sp³-hybridized carbons (Fsp3) is 0.600. The second-order valence-corrected chi connectivity index (χ2v) is 6.58. The van der Waals surface area contributed by atoms with Crippen molar-refractivity contribution in [2.24, 2.45) is 11.7 Å². The van der Waals surface area contributed by atoms with E-state index in [4.69, 9.17) is 5.73 Å². The van der Waals surface area contributed by atoms with Gasteiger partial charge in [-0.3, -0.25) is 4.90 Å². The molecule has 0 spiro atoms. The second kappa shape index (κ2) is 5.72. The highest BCUT2D eigenvalue weighted by Crippen LogP contribution is 2.38. The highest BCUT2D eigenvalue weighted by Gasteiger charge is 2.39. The van der Waals surface area contributed by atoms with E-state index in [1.165, 1.54) is 29.3 Å². The van der Waals surface area contributed by atoms with Crippen molar-refractivity contribution in [1.29, 1.82) is 0 Å². The summed E-state index contributed by atoms with van der Waals surface area (Å²) in [5, 5.41) is 0. The lowest BCUT2D eigenvalue weighted by Crippen LogP contribution is -2.49. The molecule has 0 amide bonds. The molecule has 3 heteroatoms. The van der Waals surface area contributed by atoms with E-state index in [-0.39, 0.29) is 5.54 Å². The number of rotatable bonds is 4. The third kappa shape index (κ3) is 2.79. The smallest absolute Gasteiger partial charge is 0.0334 e. The van der Waals surface area contributed by atoms with Gasteiger partial charge in [0.05, 0.1) is 0 Å². The summed E-state index contributed by atoms with van der Waals surface area (Å²) in [6.07, 6.45) is 3.76. The van der Waals surface area contributed by atoms with Gasteiger partial charge in [-0.15, -0.1) is 0 Å². The van der Waals surface area contributed by atoms with Gasteiger partial charge in [0.25, 0.3) is 0 Å². The molecule has 100 valence electrons. The van der Waals surface area contributed by atoms with Crippen molar-refractivity contribution in [1.82, 2.24) is 4.90 Å². The number of nitrogens with two attached hydrogens (primary N) is 1. The van der Waals surface area contributed by atoms with E-state index >= 15 is 0 Å². The molecule has 0 radical (unpaired) electrons. The Morgan fingerprint density at radius 3 is 2.72 bits per heavy atom. The normalized spacial score (nSPS) is 27.9. The molecule has 0 saturated heterocycles. The molecule has 2 atom stereocenters. The summed E-state index contributed by atoms with van der Waals surface area (Å²) in [4.78, 5) is 2.45. The van der Waals surface area contributed by atoms with Gasteiger partial charge in [0, 0.05) is 23.1 Å². The van der Waals surface area contributed by atoms with Gasteiger partial charge in [0.1, 0.15) is 0 Å². The first-order valence-corrected chi connectivity index (χ1v) is 7.51. The van der Waals surface area contributed by atoms with Crippen LogP contribution in [0.3, 0.4) is 0 Å². The molecule has 1 aliphatic carbocycles. The molecule has 0 aromatic heterocycles. The quantitative estimate of drug-likeness (QED) is 0.923. The van der Waals surface area contributed by atoms with E-state index in [1.807, 2.05) is 0 Å². The first-order valence-electron chi connectivity index (χ1n) is 6.72. The SMILES string of the molecule is CC1CCC(CN)(N(C)Cc2ccccc2Br)C1. The van der Waals surface area contributed by atoms with E-state index in [0.29, 0.717) is 0 Å². The Labute approximate surface area is 119 Å². The lowest BCUT2D eigenvalue weighted by Gasteiger charge is -2.38. The van der Waals surface area contributed by atoms with E-state index < -0.39 is 0 Å².